The Morgan fingerprint density at radius 3 is 2.85 bits per heavy atom. The van der Waals surface area contributed by atoms with E-state index in [2.05, 4.69) is 11.4 Å². The molecule has 0 saturated heterocycles. The molecule has 20 heavy (non-hydrogen) atoms. The summed E-state index contributed by atoms with van der Waals surface area (Å²) in [5.41, 5.74) is 1.30. The lowest BCUT2D eigenvalue weighted by atomic mass is 10.1. The van der Waals surface area contributed by atoms with Gasteiger partial charge < -0.3 is 5.32 Å². The molecule has 2 rings (SSSR count). The number of thiophene rings is 1. The van der Waals surface area contributed by atoms with E-state index in [0.29, 0.717) is 5.56 Å². The Morgan fingerprint density at radius 1 is 1.35 bits per heavy atom. The normalized spacial score (nSPS) is 12.0. The van der Waals surface area contributed by atoms with Crippen LogP contribution in [0.4, 0.5) is 0 Å². The van der Waals surface area contributed by atoms with E-state index in [1.54, 1.807) is 29.5 Å². The van der Waals surface area contributed by atoms with Gasteiger partial charge in [0.05, 0.1) is 17.7 Å². The maximum absolute atomic E-state index is 11.8. The van der Waals surface area contributed by atoms with E-state index in [1.807, 2.05) is 36.6 Å². The first kappa shape index (κ1) is 14.0. The fraction of sp³-hybridized carbons (Fsp3) is 0.125. The summed E-state index contributed by atoms with van der Waals surface area (Å²) in [6, 6.07) is 13.2. The van der Waals surface area contributed by atoms with E-state index in [1.165, 1.54) is 6.08 Å². The average molecular weight is 282 g/mol. The zero-order chi connectivity index (χ0) is 14.4. The van der Waals surface area contributed by atoms with Gasteiger partial charge in [-0.2, -0.15) is 5.26 Å². The summed E-state index contributed by atoms with van der Waals surface area (Å²) < 4.78 is 0. The van der Waals surface area contributed by atoms with Crippen LogP contribution in [0.1, 0.15) is 29.0 Å². The molecule has 1 aromatic carbocycles. The predicted octanol–water partition coefficient (Wildman–Crippen LogP) is 3.51. The SMILES string of the molecule is CC(NC(=O)/C=C/c1ccccc1C#N)c1cccs1. The molecule has 3 nitrogen and oxygen atoms in total. The van der Waals surface area contributed by atoms with E-state index in [-0.39, 0.29) is 11.9 Å². The molecular weight excluding hydrogens is 268 g/mol. The second-order valence-corrected chi connectivity index (χ2v) is 5.26. The molecule has 0 radical (unpaired) electrons. The quantitative estimate of drug-likeness (QED) is 0.872. The fourth-order valence-electron chi connectivity index (χ4n) is 1.78. The van der Waals surface area contributed by atoms with Gasteiger partial charge in [-0.05, 0) is 36.1 Å². The van der Waals surface area contributed by atoms with Crippen molar-refractivity contribution < 1.29 is 4.79 Å². The lowest BCUT2D eigenvalue weighted by Crippen LogP contribution is -2.23. The molecule has 0 spiro atoms. The van der Waals surface area contributed by atoms with Gasteiger partial charge in [-0.15, -0.1) is 11.3 Å². The van der Waals surface area contributed by atoms with Crippen molar-refractivity contribution >= 4 is 23.3 Å². The predicted molar refractivity (Wildman–Crippen MR) is 81.1 cm³/mol. The Hall–Kier alpha value is -2.38. The number of nitrogens with zero attached hydrogens (tertiary/aromatic N) is 1. The van der Waals surface area contributed by atoms with Crippen LogP contribution in [0.5, 0.6) is 0 Å². The number of nitriles is 1. The molecule has 1 aromatic heterocycles. The average Bonchev–Trinajstić information content (AvgIpc) is 2.99. The van der Waals surface area contributed by atoms with Crippen LogP contribution in [-0.4, -0.2) is 5.91 Å². The Labute approximate surface area is 122 Å². The van der Waals surface area contributed by atoms with Crippen molar-refractivity contribution in [3.63, 3.8) is 0 Å². The molecule has 0 bridgehead atoms. The van der Waals surface area contributed by atoms with Crippen LogP contribution in [0.25, 0.3) is 6.08 Å². The zero-order valence-corrected chi connectivity index (χ0v) is 11.9. The minimum Gasteiger partial charge on any atom is -0.345 e. The third-order valence-electron chi connectivity index (χ3n) is 2.82. The minimum absolute atomic E-state index is 0.0154. The summed E-state index contributed by atoms with van der Waals surface area (Å²) in [5, 5.41) is 13.8. The van der Waals surface area contributed by atoms with Gasteiger partial charge in [0.25, 0.3) is 0 Å². The molecule has 1 heterocycles. The molecule has 0 aliphatic heterocycles. The molecule has 0 aliphatic rings. The molecule has 1 unspecified atom stereocenters. The smallest absolute Gasteiger partial charge is 0.244 e. The van der Waals surface area contributed by atoms with Crippen LogP contribution in [-0.2, 0) is 4.79 Å². The van der Waals surface area contributed by atoms with Gasteiger partial charge in [0.2, 0.25) is 5.91 Å². The summed E-state index contributed by atoms with van der Waals surface area (Å²) in [6.07, 6.45) is 3.12. The highest BCUT2D eigenvalue weighted by atomic mass is 32.1. The molecule has 1 amide bonds. The fourth-order valence-corrected chi connectivity index (χ4v) is 2.51. The van der Waals surface area contributed by atoms with Crippen molar-refractivity contribution in [3.05, 3.63) is 63.9 Å². The molecule has 0 fully saturated rings. The maximum atomic E-state index is 11.8. The second-order valence-electron chi connectivity index (χ2n) is 4.28. The first-order valence-corrected chi connectivity index (χ1v) is 7.10. The van der Waals surface area contributed by atoms with Crippen LogP contribution >= 0.6 is 11.3 Å². The van der Waals surface area contributed by atoms with Crippen molar-refractivity contribution in [1.29, 1.82) is 5.26 Å². The molecular formula is C16H14N2OS. The highest BCUT2D eigenvalue weighted by molar-refractivity contribution is 7.10. The molecule has 1 N–H and O–H groups in total. The number of rotatable bonds is 4. The van der Waals surface area contributed by atoms with E-state index < -0.39 is 0 Å². The Balaban J connectivity index is 2.01. The Morgan fingerprint density at radius 2 is 2.15 bits per heavy atom. The molecule has 100 valence electrons. The summed E-state index contributed by atoms with van der Waals surface area (Å²) in [7, 11) is 0. The monoisotopic (exact) mass is 282 g/mol. The van der Waals surface area contributed by atoms with E-state index in [0.717, 1.165) is 10.4 Å². The summed E-state index contributed by atoms with van der Waals surface area (Å²) in [6.45, 7) is 1.95. The highest BCUT2D eigenvalue weighted by Gasteiger charge is 2.08. The van der Waals surface area contributed by atoms with Crippen LogP contribution in [0, 0.1) is 11.3 Å². The zero-order valence-electron chi connectivity index (χ0n) is 11.0. The number of hydrogen-bond acceptors (Lipinski definition) is 3. The number of benzene rings is 1. The topological polar surface area (TPSA) is 52.9 Å². The van der Waals surface area contributed by atoms with E-state index >= 15 is 0 Å². The van der Waals surface area contributed by atoms with Gasteiger partial charge in [0.1, 0.15) is 0 Å². The third kappa shape index (κ3) is 3.56. The van der Waals surface area contributed by atoms with Crippen molar-refractivity contribution in [1.82, 2.24) is 5.32 Å². The van der Waals surface area contributed by atoms with Crippen molar-refractivity contribution in [2.24, 2.45) is 0 Å². The molecule has 0 saturated carbocycles. The number of nitrogens with one attached hydrogen (secondary N) is 1. The van der Waals surface area contributed by atoms with Crippen LogP contribution in [0.2, 0.25) is 0 Å². The summed E-state index contributed by atoms with van der Waals surface area (Å²) >= 11 is 1.61. The lowest BCUT2D eigenvalue weighted by molar-refractivity contribution is -0.117. The largest absolute Gasteiger partial charge is 0.345 e. The standard InChI is InChI=1S/C16H14N2OS/c1-12(15-7-4-10-20-15)18-16(19)9-8-13-5-2-3-6-14(13)11-17/h2-10,12H,1H3,(H,18,19)/b9-8+. The summed E-state index contributed by atoms with van der Waals surface area (Å²) in [4.78, 5) is 13.0. The molecule has 1 atom stereocenters. The Kier molecular flexibility index (Phi) is 4.70. The van der Waals surface area contributed by atoms with Gasteiger partial charge in [0.15, 0.2) is 0 Å². The van der Waals surface area contributed by atoms with Crippen LogP contribution < -0.4 is 5.32 Å². The highest BCUT2D eigenvalue weighted by Crippen LogP contribution is 2.18. The minimum atomic E-state index is -0.168. The van der Waals surface area contributed by atoms with Gasteiger partial charge in [0, 0.05) is 11.0 Å². The molecule has 2 aromatic rings. The van der Waals surface area contributed by atoms with Gasteiger partial charge in [-0.25, -0.2) is 0 Å². The van der Waals surface area contributed by atoms with E-state index in [9.17, 15) is 4.79 Å². The summed E-state index contributed by atoms with van der Waals surface area (Å²) in [5.74, 6) is -0.168. The maximum Gasteiger partial charge on any atom is 0.244 e. The first-order chi connectivity index (χ1) is 9.70. The van der Waals surface area contributed by atoms with Gasteiger partial charge >= 0.3 is 0 Å². The van der Waals surface area contributed by atoms with Crippen molar-refractivity contribution in [2.75, 3.05) is 0 Å². The Bertz CT molecular complexity index is 653. The van der Waals surface area contributed by atoms with Gasteiger partial charge in [-0.1, -0.05) is 24.3 Å². The lowest BCUT2D eigenvalue weighted by Gasteiger charge is -2.09. The van der Waals surface area contributed by atoms with Gasteiger partial charge in [-0.3, -0.25) is 4.79 Å². The molecule has 4 heteroatoms. The van der Waals surface area contributed by atoms with Crippen molar-refractivity contribution in [3.8, 4) is 6.07 Å². The van der Waals surface area contributed by atoms with Crippen molar-refractivity contribution in [2.45, 2.75) is 13.0 Å². The van der Waals surface area contributed by atoms with E-state index in [4.69, 9.17) is 5.26 Å². The number of hydrogen-bond donors (Lipinski definition) is 1. The molecule has 0 aliphatic carbocycles. The third-order valence-corrected chi connectivity index (χ3v) is 3.88. The first-order valence-electron chi connectivity index (χ1n) is 6.22. The number of amides is 1. The van der Waals surface area contributed by atoms with Crippen LogP contribution in [0.15, 0.2) is 47.9 Å². The second kappa shape index (κ2) is 6.69. The number of carbonyl (C=O) groups is 1. The number of carbonyl (C=O) groups excluding carboxylic acids is 1. The van der Waals surface area contributed by atoms with Crippen LogP contribution in [0.3, 0.4) is 0 Å².